The van der Waals surface area contributed by atoms with Gasteiger partial charge in [-0.1, -0.05) is 60.7 Å². The Morgan fingerprint density at radius 1 is 0.943 bits per heavy atom. The van der Waals surface area contributed by atoms with Gasteiger partial charge in [-0.15, -0.1) is 11.3 Å². The highest BCUT2D eigenvalue weighted by atomic mass is 32.1. The Hall–Kier alpha value is -3.20. The fourth-order valence-electron chi connectivity index (χ4n) is 4.38. The van der Waals surface area contributed by atoms with E-state index in [-0.39, 0.29) is 25.6 Å². The second-order valence-electron chi connectivity index (χ2n) is 8.46. The van der Waals surface area contributed by atoms with E-state index in [9.17, 15) is 4.79 Å². The maximum atomic E-state index is 13.3. The lowest BCUT2D eigenvalue weighted by Gasteiger charge is -2.41. The van der Waals surface area contributed by atoms with Crippen molar-refractivity contribution in [2.24, 2.45) is 0 Å². The van der Waals surface area contributed by atoms with Crippen LogP contribution in [0.1, 0.15) is 11.1 Å². The zero-order chi connectivity index (χ0) is 23.2. The van der Waals surface area contributed by atoms with Gasteiger partial charge in [-0.25, -0.2) is 9.78 Å². The highest BCUT2D eigenvalue weighted by Crippen LogP contribution is 2.25. The number of carbonyl (C=O) groups is 1. The average Bonchev–Trinajstić information content (AvgIpc) is 3.34. The van der Waals surface area contributed by atoms with Crippen molar-refractivity contribution in [2.75, 3.05) is 25.0 Å². The third-order valence-corrected chi connectivity index (χ3v) is 6.84. The molecule has 6 nitrogen and oxygen atoms in total. The quantitative estimate of drug-likeness (QED) is 0.389. The van der Waals surface area contributed by atoms with Crippen LogP contribution < -0.4 is 5.32 Å². The molecule has 5 rings (SSSR count). The molecule has 1 aliphatic heterocycles. The number of anilines is 1. The molecule has 8 heteroatoms. The Bertz CT molecular complexity index is 1200. The first-order valence-electron chi connectivity index (χ1n) is 11.5. The summed E-state index contributed by atoms with van der Waals surface area (Å²) in [6.45, 7) is 3.24. The number of pyridine rings is 1. The third-order valence-electron chi connectivity index (χ3n) is 6.09. The summed E-state index contributed by atoms with van der Waals surface area (Å²) in [4.78, 5) is 26.4. The maximum absolute atomic E-state index is 13.3. The number of thiazole rings is 1. The van der Waals surface area contributed by atoms with Gasteiger partial charge < -0.3 is 4.90 Å². The second kappa shape index (κ2) is 12.0. The molecule has 2 aromatic carbocycles. The fourth-order valence-corrected chi connectivity index (χ4v) is 5.09. The molecule has 180 valence electrons. The van der Waals surface area contributed by atoms with E-state index in [0.717, 1.165) is 37.3 Å². The first-order valence-corrected chi connectivity index (χ1v) is 12.4. The summed E-state index contributed by atoms with van der Waals surface area (Å²) in [7, 11) is 0. The molecule has 0 spiro atoms. The van der Waals surface area contributed by atoms with Gasteiger partial charge >= 0.3 is 6.03 Å². The van der Waals surface area contributed by atoms with E-state index >= 15 is 0 Å². The number of hydrogen-bond acceptors (Lipinski definition) is 5. The van der Waals surface area contributed by atoms with Crippen molar-refractivity contribution in [1.29, 1.82) is 0 Å². The molecule has 0 unspecified atom stereocenters. The van der Waals surface area contributed by atoms with Crippen LogP contribution in [0, 0.1) is 0 Å². The van der Waals surface area contributed by atoms with Crippen LogP contribution in [0.2, 0.25) is 0 Å². The molecule has 1 fully saturated rings. The molecule has 0 saturated carbocycles. The molecule has 2 amide bonds. The summed E-state index contributed by atoms with van der Waals surface area (Å²) in [5.41, 5.74) is 4.37. The van der Waals surface area contributed by atoms with Crippen LogP contribution in [0.25, 0.3) is 11.3 Å². The van der Waals surface area contributed by atoms with Crippen LogP contribution in [0.5, 0.6) is 0 Å². The van der Waals surface area contributed by atoms with Crippen LogP contribution in [0.3, 0.4) is 0 Å². The molecule has 4 aromatic rings. The van der Waals surface area contributed by atoms with E-state index in [1.54, 1.807) is 12.4 Å². The maximum Gasteiger partial charge on any atom is 0.323 e. The van der Waals surface area contributed by atoms with Crippen molar-refractivity contribution in [3.8, 4) is 11.3 Å². The van der Waals surface area contributed by atoms with Gasteiger partial charge in [0.2, 0.25) is 0 Å². The Labute approximate surface area is 217 Å². The van der Waals surface area contributed by atoms with Gasteiger partial charge in [-0.05, 0) is 29.7 Å². The van der Waals surface area contributed by atoms with E-state index in [1.807, 2.05) is 34.5 Å². The summed E-state index contributed by atoms with van der Waals surface area (Å²) < 4.78 is 0. The number of rotatable bonds is 6. The predicted molar refractivity (Wildman–Crippen MR) is 147 cm³/mol. The van der Waals surface area contributed by atoms with Crippen molar-refractivity contribution in [3.05, 3.63) is 102 Å². The highest BCUT2D eigenvalue weighted by molar-refractivity contribution is 7.59. The van der Waals surface area contributed by atoms with E-state index in [0.29, 0.717) is 11.7 Å². The Kier molecular flexibility index (Phi) is 8.52. The normalized spacial score (nSPS) is 15.9. The minimum absolute atomic E-state index is 0. The standard InChI is InChI=1S/C27H27N5OS.H2S/c33-27(30-26-29-25(20-34-26)23-11-13-28-14-12-23)32-16-15-31(18-22-9-5-2-6-10-22)19-24(32)17-21-7-3-1-4-8-21;/h1-14,20,24H,15-19H2,(H,29,30,33);1H2/t24-;/m0./s1. The first-order chi connectivity index (χ1) is 16.7. The van der Waals surface area contributed by atoms with Crippen LogP contribution in [0.4, 0.5) is 9.93 Å². The van der Waals surface area contributed by atoms with Crippen LogP contribution in [0.15, 0.2) is 90.6 Å². The zero-order valence-corrected chi connectivity index (χ0v) is 21.2. The van der Waals surface area contributed by atoms with Gasteiger partial charge in [-0.2, -0.15) is 13.5 Å². The van der Waals surface area contributed by atoms with Crippen molar-refractivity contribution in [1.82, 2.24) is 19.8 Å². The first kappa shape index (κ1) is 24.9. The number of nitrogens with one attached hydrogen (secondary N) is 1. The summed E-state index contributed by atoms with van der Waals surface area (Å²) in [5.74, 6) is 0. The number of piperazine rings is 1. The topological polar surface area (TPSA) is 61.4 Å². The molecular formula is C27H29N5OS2. The number of nitrogens with zero attached hydrogens (tertiary/aromatic N) is 4. The summed E-state index contributed by atoms with van der Waals surface area (Å²) in [5, 5.41) is 5.62. The monoisotopic (exact) mass is 503 g/mol. The Morgan fingerprint density at radius 2 is 1.63 bits per heavy atom. The van der Waals surface area contributed by atoms with E-state index in [2.05, 4.69) is 68.7 Å². The van der Waals surface area contributed by atoms with Gasteiger partial charge in [0.25, 0.3) is 0 Å². The van der Waals surface area contributed by atoms with Crippen molar-refractivity contribution in [3.63, 3.8) is 0 Å². The van der Waals surface area contributed by atoms with Crippen LogP contribution >= 0.6 is 24.8 Å². The third kappa shape index (κ3) is 6.48. The largest absolute Gasteiger partial charge is 0.323 e. The van der Waals surface area contributed by atoms with Crippen molar-refractivity contribution >= 4 is 36.0 Å². The molecule has 1 atom stereocenters. The minimum Gasteiger partial charge on any atom is -0.319 e. The average molecular weight is 504 g/mol. The van der Waals surface area contributed by atoms with E-state index in [4.69, 9.17) is 0 Å². The number of hydrogen-bond donors (Lipinski definition) is 1. The van der Waals surface area contributed by atoms with Gasteiger partial charge in [-0.3, -0.25) is 15.2 Å². The molecule has 35 heavy (non-hydrogen) atoms. The summed E-state index contributed by atoms with van der Waals surface area (Å²) >= 11 is 1.44. The van der Waals surface area contributed by atoms with Gasteiger partial charge in [0.05, 0.1) is 11.7 Å². The molecule has 0 aliphatic carbocycles. The number of aromatic nitrogens is 2. The Morgan fingerprint density at radius 3 is 2.34 bits per heavy atom. The number of urea groups is 1. The Balaban J connectivity index is 0.00000289. The van der Waals surface area contributed by atoms with Gasteiger partial charge in [0.15, 0.2) is 5.13 Å². The minimum atomic E-state index is -0.0871. The molecule has 2 aromatic heterocycles. The zero-order valence-electron chi connectivity index (χ0n) is 19.4. The SMILES string of the molecule is O=C(Nc1nc(-c2ccncc2)cs1)N1CCN(Cc2ccccc2)C[C@@H]1Cc1ccccc1.S. The lowest BCUT2D eigenvalue weighted by atomic mass is 10.0. The predicted octanol–water partition coefficient (Wildman–Crippen LogP) is 5.28. The summed E-state index contributed by atoms with van der Waals surface area (Å²) in [6, 6.07) is 24.8. The molecule has 1 N–H and O–H groups in total. The van der Waals surface area contributed by atoms with Crippen LogP contribution in [-0.4, -0.2) is 51.5 Å². The van der Waals surface area contributed by atoms with Crippen LogP contribution in [-0.2, 0) is 13.0 Å². The number of amides is 2. The van der Waals surface area contributed by atoms with Gasteiger partial charge in [0.1, 0.15) is 0 Å². The smallest absolute Gasteiger partial charge is 0.319 e. The van der Waals surface area contributed by atoms with Gasteiger partial charge in [0, 0.05) is 49.5 Å². The van der Waals surface area contributed by atoms with E-state index in [1.165, 1.54) is 22.5 Å². The molecule has 1 saturated heterocycles. The second-order valence-corrected chi connectivity index (χ2v) is 9.32. The van der Waals surface area contributed by atoms with Crippen molar-refractivity contribution < 1.29 is 4.79 Å². The lowest BCUT2D eigenvalue weighted by molar-refractivity contribution is 0.0958. The van der Waals surface area contributed by atoms with E-state index < -0.39 is 0 Å². The van der Waals surface area contributed by atoms with Crippen molar-refractivity contribution in [2.45, 2.75) is 19.0 Å². The molecule has 0 radical (unpaired) electrons. The fraction of sp³-hybridized carbons (Fsp3) is 0.222. The summed E-state index contributed by atoms with van der Waals surface area (Å²) in [6.07, 6.45) is 4.31. The number of benzene rings is 2. The molecular weight excluding hydrogens is 474 g/mol. The number of carbonyl (C=O) groups excluding carboxylic acids is 1. The molecule has 0 bridgehead atoms. The molecule has 1 aliphatic rings. The lowest BCUT2D eigenvalue weighted by Crippen LogP contribution is -2.56. The molecule has 3 heterocycles. The highest BCUT2D eigenvalue weighted by Gasteiger charge is 2.31.